The summed E-state index contributed by atoms with van der Waals surface area (Å²) in [4.78, 5) is 14.6. The van der Waals surface area contributed by atoms with Crippen LogP contribution >= 0.6 is 0 Å². The Morgan fingerprint density at radius 1 is 1.24 bits per heavy atom. The Morgan fingerprint density at radius 3 is 2.14 bits per heavy atom. The van der Waals surface area contributed by atoms with Crippen molar-refractivity contribution in [1.29, 1.82) is 0 Å². The number of carboxylic acid groups (broad SMARTS) is 1. The summed E-state index contributed by atoms with van der Waals surface area (Å²) in [5, 5.41) is 12.0. The lowest BCUT2D eigenvalue weighted by Crippen LogP contribution is -2.18. The van der Waals surface area contributed by atoms with Crippen LogP contribution in [0.2, 0.25) is 0 Å². The number of anilines is 1. The Kier molecular flexibility index (Phi) is 3.23. The van der Waals surface area contributed by atoms with E-state index in [2.05, 4.69) is 10.3 Å². The number of alkyl halides is 3. The Labute approximate surface area is 120 Å². The fourth-order valence-electron chi connectivity index (χ4n) is 2.59. The molecule has 0 radical (unpaired) electrons. The number of rotatable bonds is 3. The number of nitrogens with zero attached hydrogens (tertiary/aromatic N) is 1. The van der Waals surface area contributed by atoms with Gasteiger partial charge in [0.15, 0.2) is 0 Å². The molecule has 0 aliphatic heterocycles. The number of halogens is 3. The zero-order valence-electron chi connectivity index (χ0n) is 12.2. The van der Waals surface area contributed by atoms with E-state index in [1.165, 1.54) is 0 Å². The standard InChI is InChI=1S/C14H17F3N2O2/c1-12(2)11(13(12,3)4)19-9-7(10(20)21)5-6-8(18-9)14(15,16)17/h5-6,11H,1-4H3,(H,18,19)(H,20,21). The molecular formula is C14H17F3N2O2. The van der Waals surface area contributed by atoms with Crippen molar-refractivity contribution in [1.82, 2.24) is 4.98 Å². The zero-order valence-corrected chi connectivity index (χ0v) is 12.2. The highest BCUT2D eigenvalue weighted by Crippen LogP contribution is 2.63. The van der Waals surface area contributed by atoms with Crippen molar-refractivity contribution in [2.24, 2.45) is 10.8 Å². The highest BCUT2D eigenvalue weighted by Gasteiger charge is 2.65. The Hall–Kier alpha value is -1.79. The van der Waals surface area contributed by atoms with Crippen LogP contribution in [0.15, 0.2) is 12.1 Å². The molecule has 7 heteroatoms. The molecule has 0 amide bonds. The smallest absolute Gasteiger partial charge is 0.433 e. The number of hydrogen-bond donors (Lipinski definition) is 2. The van der Waals surface area contributed by atoms with Gasteiger partial charge < -0.3 is 10.4 Å². The van der Waals surface area contributed by atoms with Crippen molar-refractivity contribution in [3.05, 3.63) is 23.4 Å². The molecule has 0 atom stereocenters. The van der Waals surface area contributed by atoms with Gasteiger partial charge in [-0.25, -0.2) is 9.78 Å². The highest BCUT2D eigenvalue weighted by molar-refractivity contribution is 5.93. The van der Waals surface area contributed by atoms with Gasteiger partial charge in [-0.1, -0.05) is 27.7 Å². The molecular weight excluding hydrogens is 285 g/mol. The van der Waals surface area contributed by atoms with E-state index in [4.69, 9.17) is 5.11 Å². The van der Waals surface area contributed by atoms with Crippen molar-refractivity contribution >= 4 is 11.8 Å². The molecule has 0 spiro atoms. The lowest BCUT2D eigenvalue weighted by molar-refractivity contribution is -0.141. The van der Waals surface area contributed by atoms with Crippen LogP contribution < -0.4 is 5.32 Å². The van der Waals surface area contributed by atoms with Gasteiger partial charge in [-0.2, -0.15) is 13.2 Å². The van der Waals surface area contributed by atoms with E-state index in [0.717, 1.165) is 6.07 Å². The second kappa shape index (κ2) is 4.35. The first-order valence-electron chi connectivity index (χ1n) is 6.47. The van der Waals surface area contributed by atoms with E-state index in [-0.39, 0.29) is 28.3 Å². The molecule has 4 nitrogen and oxygen atoms in total. The van der Waals surface area contributed by atoms with Crippen LogP contribution in [0.3, 0.4) is 0 Å². The first kappa shape index (κ1) is 15.6. The fourth-order valence-corrected chi connectivity index (χ4v) is 2.59. The van der Waals surface area contributed by atoms with Gasteiger partial charge >= 0.3 is 12.1 Å². The molecule has 116 valence electrons. The fraction of sp³-hybridized carbons (Fsp3) is 0.571. The van der Waals surface area contributed by atoms with Gasteiger partial charge in [0.2, 0.25) is 0 Å². The van der Waals surface area contributed by atoms with Crippen molar-refractivity contribution in [3.63, 3.8) is 0 Å². The lowest BCUT2D eigenvalue weighted by Gasteiger charge is -2.13. The number of nitrogens with one attached hydrogen (secondary N) is 1. The number of aromatic nitrogens is 1. The molecule has 1 aromatic heterocycles. The van der Waals surface area contributed by atoms with E-state index in [1.807, 2.05) is 27.7 Å². The van der Waals surface area contributed by atoms with E-state index in [0.29, 0.717) is 6.07 Å². The number of pyridine rings is 1. The van der Waals surface area contributed by atoms with E-state index >= 15 is 0 Å². The molecule has 1 fully saturated rings. The van der Waals surface area contributed by atoms with Gasteiger partial charge in [0.25, 0.3) is 0 Å². The predicted octanol–water partition coefficient (Wildman–Crippen LogP) is 3.65. The van der Waals surface area contributed by atoms with E-state index in [1.54, 1.807) is 0 Å². The maximum absolute atomic E-state index is 12.7. The van der Waals surface area contributed by atoms with Gasteiger partial charge in [0.1, 0.15) is 17.1 Å². The third kappa shape index (κ3) is 2.45. The first-order valence-corrected chi connectivity index (χ1v) is 6.47. The summed E-state index contributed by atoms with van der Waals surface area (Å²) < 4.78 is 38.2. The molecule has 2 N–H and O–H groups in total. The summed E-state index contributed by atoms with van der Waals surface area (Å²) in [6.45, 7) is 7.88. The molecule has 1 heterocycles. The second-order valence-corrected chi connectivity index (χ2v) is 6.42. The van der Waals surface area contributed by atoms with Crippen molar-refractivity contribution in [2.45, 2.75) is 39.9 Å². The van der Waals surface area contributed by atoms with Gasteiger partial charge in [-0.05, 0) is 23.0 Å². The second-order valence-electron chi connectivity index (χ2n) is 6.42. The average Bonchev–Trinajstić information content (AvgIpc) is 2.70. The quantitative estimate of drug-likeness (QED) is 0.894. The zero-order chi connectivity index (χ0) is 16.2. The molecule has 1 aromatic rings. The van der Waals surface area contributed by atoms with Crippen LogP contribution in [0, 0.1) is 10.8 Å². The number of hydrogen-bond acceptors (Lipinski definition) is 3. The number of carboxylic acids is 1. The van der Waals surface area contributed by atoms with Gasteiger partial charge in [-0.3, -0.25) is 0 Å². The van der Waals surface area contributed by atoms with Crippen molar-refractivity contribution in [3.8, 4) is 0 Å². The van der Waals surface area contributed by atoms with Crippen LogP contribution in [0.25, 0.3) is 0 Å². The Balaban J connectivity index is 2.40. The lowest BCUT2D eigenvalue weighted by atomic mass is 10.0. The van der Waals surface area contributed by atoms with Crippen molar-refractivity contribution < 1.29 is 23.1 Å². The molecule has 2 rings (SSSR count). The highest BCUT2D eigenvalue weighted by atomic mass is 19.4. The summed E-state index contributed by atoms with van der Waals surface area (Å²) in [5.41, 5.74) is -1.68. The van der Waals surface area contributed by atoms with E-state index in [9.17, 15) is 18.0 Å². The van der Waals surface area contributed by atoms with Crippen LogP contribution in [0.1, 0.15) is 43.7 Å². The van der Waals surface area contributed by atoms with E-state index < -0.39 is 17.8 Å². The molecule has 1 saturated carbocycles. The average molecular weight is 302 g/mol. The monoisotopic (exact) mass is 302 g/mol. The summed E-state index contributed by atoms with van der Waals surface area (Å²) in [6, 6.07) is 1.47. The first-order chi connectivity index (χ1) is 9.39. The number of aromatic carboxylic acids is 1. The maximum Gasteiger partial charge on any atom is 0.433 e. The minimum absolute atomic E-state index is 0.140. The molecule has 0 aromatic carbocycles. The molecule has 0 saturated heterocycles. The topological polar surface area (TPSA) is 62.2 Å². The van der Waals surface area contributed by atoms with Gasteiger partial charge in [-0.15, -0.1) is 0 Å². The molecule has 0 bridgehead atoms. The normalized spacial score (nSPS) is 20.1. The largest absolute Gasteiger partial charge is 0.478 e. The molecule has 0 unspecified atom stereocenters. The maximum atomic E-state index is 12.7. The van der Waals surface area contributed by atoms with Crippen LogP contribution in [-0.2, 0) is 6.18 Å². The minimum atomic E-state index is -4.61. The van der Waals surface area contributed by atoms with Crippen LogP contribution in [-0.4, -0.2) is 22.1 Å². The number of carbonyl (C=O) groups is 1. The summed E-state index contributed by atoms with van der Waals surface area (Å²) in [7, 11) is 0. The Morgan fingerprint density at radius 2 is 1.76 bits per heavy atom. The Bertz CT molecular complexity index is 580. The van der Waals surface area contributed by atoms with Crippen LogP contribution in [0.4, 0.5) is 19.0 Å². The molecule has 1 aliphatic carbocycles. The third-order valence-electron chi connectivity index (χ3n) is 4.72. The summed E-state index contributed by atoms with van der Waals surface area (Å²) in [5.74, 6) is -1.55. The van der Waals surface area contributed by atoms with Crippen molar-refractivity contribution in [2.75, 3.05) is 5.32 Å². The van der Waals surface area contributed by atoms with Gasteiger partial charge in [0.05, 0.1) is 0 Å². The SMILES string of the molecule is CC1(C)C(Nc2nc(C(F)(F)F)ccc2C(=O)O)C1(C)C. The summed E-state index contributed by atoms with van der Waals surface area (Å²) >= 11 is 0. The summed E-state index contributed by atoms with van der Waals surface area (Å²) in [6.07, 6.45) is -4.61. The molecule has 21 heavy (non-hydrogen) atoms. The minimum Gasteiger partial charge on any atom is -0.478 e. The third-order valence-corrected chi connectivity index (χ3v) is 4.72. The van der Waals surface area contributed by atoms with Gasteiger partial charge in [0, 0.05) is 6.04 Å². The predicted molar refractivity (Wildman–Crippen MR) is 71.2 cm³/mol. The van der Waals surface area contributed by atoms with Crippen LogP contribution in [0.5, 0.6) is 0 Å². The molecule has 1 aliphatic rings.